The summed E-state index contributed by atoms with van der Waals surface area (Å²) in [6.45, 7) is 13.8. The van der Waals surface area contributed by atoms with E-state index in [1.807, 2.05) is 58.0 Å². The van der Waals surface area contributed by atoms with Gasteiger partial charge in [0.15, 0.2) is 0 Å². The van der Waals surface area contributed by atoms with Gasteiger partial charge in [-0.3, -0.25) is 14.4 Å². The van der Waals surface area contributed by atoms with Crippen molar-refractivity contribution in [2.45, 2.75) is 130 Å². The molecular formula is C35H54N4O5. The Bertz CT molecular complexity index is 1160. The molecule has 244 valence electrons. The molecule has 0 spiro atoms. The molecule has 1 aliphatic heterocycles. The van der Waals surface area contributed by atoms with Crippen molar-refractivity contribution in [3.05, 3.63) is 47.0 Å². The first-order valence-electron chi connectivity index (χ1n) is 16.6. The van der Waals surface area contributed by atoms with E-state index in [1.165, 1.54) is 0 Å². The van der Waals surface area contributed by atoms with E-state index in [4.69, 9.17) is 4.74 Å². The van der Waals surface area contributed by atoms with Crippen LogP contribution in [0.15, 0.2) is 41.5 Å². The summed E-state index contributed by atoms with van der Waals surface area (Å²) >= 11 is 0. The Labute approximate surface area is 263 Å². The zero-order valence-corrected chi connectivity index (χ0v) is 27.8. The number of hydrogen-bond donors (Lipinski definition) is 3. The molecule has 0 radical (unpaired) electrons. The lowest BCUT2D eigenvalue weighted by molar-refractivity contribution is -0.142. The predicted octanol–water partition coefficient (Wildman–Crippen LogP) is 5.81. The molecule has 1 aromatic carbocycles. The van der Waals surface area contributed by atoms with Gasteiger partial charge in [0.25, 0.3) is 0 Å². The number of ether oxygens (including phenoxy) is 1. The molecule has 3 N–H and O–H groups in total. The highest BCUT2D eigenvalue weighted by Crippen LogP contribution is 2.35. The van der Waals surface area contributed by atoms with Crippen molar-refractivity contribution in [1.82, 2.24) is 20.9 Å². The number of unbranched alkanes of at least 4 members (excludes halogenated alkanes) is 1. The van der Waals surface area contributed by atoms with Crippen LogP contribution >= 0.6 is 0 Å². The van der Waals surface area contributed by atoms with Crippen molar-refractivity contribution in [3.63, 3.8) is 0 Å². The summed E-state index contributed by atoms with van der Waals surface area (Å²) < 4.78 is 5.26. The van der Waals surface area contributed by atoms with E-state index in [2.05, 4.69) is 22.9 Å². The zero-order chi connectivity index (χ0) is 32.4. The number of carbonyl (C=O) groups is 4. The minimum absolute atomic E-state index is 0.000520. The van der Waals surface area contributed by atoms with Crippen molar-refractivity contribution < 1.29 is 23.9 Å². The van der Waals surface area contributed by atoms with Gasteiger partial charge in [0.2, 0.25) is 17.7 Å². The number of likely N-dealkylation sites (tertiary alicyclic amines) is 1. The van der Waals surface area contributed by atoms with Gasteiger partial charge in [-0.25, -0.2) is 4.79 Å². The summed E-state index contributed by atoms with van der Waals surface area (Å²) in [6, 6.07) is 7.72. The van der Waals surface area contributed by atoms with Crippen LogP contribution in [0.25, 0.3) is 0 Å². The maximum atomic E-state index is 14.2. The number of amides is 4. The van der Waals surface area contributed by atoms with Crippen molar-refractivity contribution in [1.29, 1.82) is 0 Å². The fourth-order valence-electron chi connectivity index (χ4n) is 6.13. The molecule has 44 heavy (non-hydrogen) atoms. The molecule has 5 atom stereocenters. The maximum Gasteiger partial charge on any atom is 0.408 e. The van der Waals surface area contributed by atoms with Crippen molar-refractivity contribution in [2.75, 3.05) is 6.54 Å². The molecule has 0 bridgehead atoms. The number of benzene rings is 1. The van der Waals surface area contributed by atoms with Crippen LogP contribution in [0.2, 0.25) is 0 Å². The second kappa shape index (κ2) is 16.6. The van der Waals surface area contributed by atoms with Crippen molar-refractivity contribution in [2.24, 2.45) is 11.8 Å². The Morgan fingerprint density at radius 3 is 2.18 bits per heavy atom. The minimum atomic E-state index is -0.817. The number of carbonyl (C=O) groups excluding carboxylic acids is 4. The lowest BCUT2D eigenvalue weighted by Gasteiger charge is -2.33. The number of hydrogen-bond acceptors (Lipinski definition) is 5. The van der Waals surface area contributed by atoms with Crippen molar-refractivity contribution in [3.8, 4) is 0 Å². The third-order valence-corrected chi connectivity index (χ3v) is 8.57. The van der Waals surface area contributed by atoms with E-state index in [0.717, 1.165) is 49.7 Å². The number of rotatable bonds is 15. The zero-order valence-electron chi connectivity index (χ0n) is 27.8. The molecular weight excluding hydrogens is 556 g/mol. The Kier molecular flexibility index (Phi) is 13.3. The standard InChI is InChI=1S/C35H54N4O5/c1-8-10-15-27-20-21-39(34(42)30(22(3)4)38-35(43)44-23(5)6)31(27)33(41)37-28(14-9-2)29(26-18-19-26)32(40)36-24(7)25-16-12-11-13-17-25/h11-13,16-17,22-24,27-28,30-31H,8-10,14-15,18-21H2,1-7H3,(H,36,40)(H,37,41)(H,38,43)/t24-,27-,28?,30-,31-/m0/s1. The highest BCUT2D eigenvalue weighted by molar-refractivity contribution is 5.98. The van der Waals surface area contributed by atoms with E-state index in [0.29, 0.717) is 25.0 Å². The predicted molar refractivity (Wildman–Crippen MR) is 173 cm³/mol. The molecule has 1 saturated carbocycles. The van der Waals surface area contributed by atoms with E-state index in [1.54, 1.807) is 18.7 Å². The first-order chi connectivity index (χ1) is 21.0. The van der Waals surface area contributed by atoms with Gasteiger partial charge >= 0.3 is 6.09 Å². The van der Waals surface area contributed by atoms with Crippen LogP contribution in [0.5, 0.6) is 0 Å². The molecule has 2 fully saturated rings. The van der Waals surface area contributed by atoms with Gasteiger partial charge < -0.3 is 25.6 Å². The van der Waals surface area contributed by atoms with E-state index >= 15 is 0 Å². The second-order valence-electron chi connectivity index (χ2n) is 13.0. The summed E-state index contributed by atoms with van der Waals surface area (Å²) in [6.07, 6.45) is 5.62. The third kappa shape index (κ3) is 9.57. The molecule has 9 heteroatoms. The fraction of sp³-hybridized carbons (Fsp3) is 0.657. The Morgan fingerprint density at radius 2 is 1.61 bits per heavy atom. The Morgan fingerprint density at radius 1 is 0.932 bits per heavy atom. The first kappa shape index (κ1) is 35.1. The first-order valence-corrected chi connectivity index (χ1v) is 16.6. The summed E-state index contributed by atoms with van der Waals surface area (Å²) in [4.78, 5) is 56.0. The van der Waals surface area contributed by atoms with Crippen LogP contribution in [0.4, 0.5) is 4.79 Å². The molecule has 1 unspecified atom stereocenters. The largest absolute Gasteiger partial charge is 0.447 e. The maximum absolute atomic E-state index is 14.2. The van der Waals surface area contributed by atoms with Gasteiger partial charge in [-0.05, 0) is 70.3 Å². The highest BCUT2D eigenvalue weighted by Gasteiger charge is 2.45. The molecule has 1 saturated heterocycles. The molecule has 3 rings (SSSR count). The Balaban J connectivity index is 1.84. The van der Waals surface area contributed by atoms with Crippen LogP contribution < -0.4 is 16.0 Å². The molecule has 0 aromatic heterocycles. The Hall–Kier alpha value is -3.36. The number of allylic oxidation sites excluding steroid dienone is 1. The normalized spacial score (nSPS) is 19.8. The summed E-state index contributed by atoms with van der Waals surface area (Å²) in [7, 11) is 0. The van der Waals surface area contributed by atoms with Crippen molar-refractivity contribution >= 4 is 23.8 Å². The third-order valence-electron chi connectivity index (χ3n) is 8.57. The quantitative estimate of drug-likeness (QED) is 0.217. The average molecular weight is 611 g/mol. The van der Waals surface area contributed by atoms with Crippen LogP contribution in [-0.2, 0) is 19.1 Å². The molecule has 9 nitrogen and oxygen atoms in total. The van der Waals surface area contributed by atoms with E-state index < -0.39 is 24.2 Å². The average Bonchev–Trinajstić information content (AvgIpc) is 3.71. The van der Waals surface area contributed by atoms with Gasteiger partial charge in [0.05, 0.1) is 18.2 Å². The summed E-state index contributed by atoms with van der Waals surface area (Å²) in [5, 5.41) is 9.14. The highest BCUT2D eigenvalue weighted by atomic mass is 16.6. The minimum Gasteiger partial charge on any atom is -0.447 e. The number of nitrogens with zero attached hydrogens (tertiary/aromatic N) is 1. The molecule has 4 amide bonds. The lowest BCUT2D eigenvalue weighted by Crippen LogP contribution is -2.57. The van der Waals surface area contributed by atoms with Crippen LogP contribution in [0.3, 0.4) is 0 Å². The summed E-state index contributed by atoms with van der Waals surface area (Å²) in [5.74, 6) is -0.856. The SMILES string of the molecule is CCCC[C@H]1CCN(C(=O)[C@@H](NC(=O)OC(C)C)C(C)C)[C@@H]1C(=O)NC(CCC)C(C(=O)N[C@@H](C)c1ccccc1)=C1CC1. The smallest absolute Gasteiger partial charge is 0.408 e. The van der Waals surface area contributed by atoms with Gasteiger partial charge in [-0.15, -0.1) is 0 Å². The van der Waals surface area contributed by atoms with Crippen LogP contribution in [0.1, 0.15) is 111 Å². The number of nitrogens with one attached hydrogen (secondary N) is 3. The van der Waals surface area contributed by atoms with Crippen LogP contribution in [-0.4, -0.2) is 59.5 Å². The molecule has 2 aliphatic rings. The van der Waals surface area contributed by atoms with Gasteiger partial charge in [-0.2, -0.15) is 0 Å². The van der Waals surface area contributed by atoms with E-state index in [-0.39, 0.29) is 41.7 Å². The molecule has 1 aliphatic carbocycles. The lowest BCUT2D eigenvalue weighted by atomic mass is 9.92. The van der Waals surface area contributed by atoms with Crippen LogP contribution in [0, 0.1) is 11.8 Å². The monoisotopic (exact) mass is 610 g/mol. The molecule has 1 heterocycles. The van der Waals surface area contributed by atoms with Gasteiger partial charge in [-0.1, -0.05) is 82.9 Å². The van der Waals surface area contributed by atoms with Gasteiger partial charge in [0.1, 0.15) is 12.1 Å². The summed E-state index contributed by atoms with van der Waals surface area (Å²) in [5.41, 5.74) is 2.75. The topological polar surface area (TPSA) is 117 Å². The number of alkyl carbamates (subject to hydrolysis) is 1. The molecule has 1 aromatic rings. The van der Waals surface area contributed by atoms with E-state index in [9.17, 15) is 19.2 Å². The fourth-order valence-corrected chi connectivity index (χ4v) is 6.13. The second-order valence-corrected chi connectivity index (χ2v) is 13.0. The van der Waals surface area contributed by atoms with Gasteiger partial charge in [0, 0.05) is 12.1 Å².